The fourth-order valence-electron chi connectivity index (χ4n) is 3.09. The Morgan fingerprint density at radius 1 is 1.17 bits per heavy atom. The minimum absolute atomic E-state index is 0.0668. The zero-order chi connectivity index (χ0) is 26.5. The number of benzene rings is 1. The van der Waals surface area contributed by atoms with Gasteiger partial charge < -0.3 is 20.4 Å². The number of carbonyl (C=O) groups excluding carboxylic acids is 3. The summed E-state index contributed by atoms with van der Waals surface area (Å²) in [6, 6.07) is 8.07. The van der Waals surface area contributed by atoms with Gasteiger partial charge in [-0.15, -0.1) is 0 Å². The molecule has 0 fully saturated rings. The van der Waals surface area contributed by atoms with Gasteiger partial charge in [-0.1, -0.05) is 6.07 Å². The molecule has 3 aromatic heterocycles. The number of nitrogens with one attached hydrogen (secondary N) is 4. The molecule has 12 nitrogen and oxygen atoms in total. The fourth-order valence-corrected chi connectivity index (χ4v) is 3.09. The zero-order valence-corrected chi connectivity index (χ0v) is 20.7. The number of H-pyrrole nitrogens is 1. The molecule has 0 saturated carbocycles. The number of amides is 3. The molecule has 0 radical (unpaired) electrons. The molecule has 1 aromatic carbocycles. The summed E-state index contributed by atoms with van der Waals surface area (Å²) in [6.45, 7) is 9.69. The number of aromatic amines is 1. The summed E-state index contributed by atoms with van der Waals surface area (Å²) in [5.74, 6) is -1.32. The molecule has 3 heterocycles. The monoisotopic (exact) mass is 495 g/mol. The van der Waals surface area contributed by atoms with Crippen LogP contribution in [-0.2, 0) is 11.3 Å². The Labute approximate surface area is 206 Å². The number of fused-ring (bicyclic) bond motifs is 2. The number of hydrogen-bond acceptors (Lipinski definition) is 7. The molecule has 0 aliphatic rings. The van der Waals surface area contributed by atoms with Gasteiger partial charge in [0.25, 0.3) is 11.8 Å². The topological polar surface area (TPSA) is 163 Å². The highest BCUT2D eigenvalue weighted by atomic mass is 16.4. The molecule has 0 atom stereocenters. The number of aromatic nitrogens is 4. The van der Waals surface area contributed by atoms with Crippen LogP contribution in [0.1, 0.15) is 61.2 Å². The number of rotatable bonds is 6. The van der Waals surface area contributed by atoms with E-state index in [4.69, 9.17) is 4.42 Å². The van der Waals surface area contributed by atoms with E-state index in [-0.39, 0.29) is 35.4 Å². The quantitative estimate of drug-likeness (QED) is 0.296. The Morgan fingerprint density at radius 2 is 1.92 bits per heavy atom. The van der Waals surface area contributed by atoms with E-state index in [2.05, 4.69) is 31.0 Å². The van der Waals surface area contributed by atoms with Crippen LogP contribution in [0.15, 0.2) is 45.7 Å². The lowest BCUT2D eigenvalue weighted by atomic mass is 10.1. The largest absolute Gasteiger partial charge is 0.417 e. The highest BCUT2D eigenvalue weighted by molar-refractivity contribution is 5.98. The van der Waals surface area contributed by atoms with Gasteiger partial charge in [-0.25, -0.2) is 14.3 Å². The summed E-state index contributed by atoms with van der Waals surface area (Å²) in [5, 5.41) is 12.3. The maximum absolute atomic E-state index is 12.6. The molecule has 3 amide bonds. The molecule has 0 saturated heterocycles. The Morgan fingerprint density at radius 3 is 2.56 bits per heavy atom. The maximum Gasteiger partial charge on any atom is 0.417 e. The highest BCUT2D eigenvalue weighted by Gasteiger charge is 2.18. The Balaban J connectivity index is 0.000000454. The van der Waals surface area contributed by atoms with Gasteiger partial charge in [0.2, 0.25) is 6.41 Å². The van der Waals surface area contributed by atoms with E-state index in [1.807, 2.05) is 34.6 Å². The summed E-state index contributed by atoms with van der Waals surface area (Å²) in [5.41, 5.74) is 2.41. The molecule has 12 heteroatoms. The molecule has 4 rings (SSSR count). The lowest BCUT2D eigenvalue weighted by Gasteiger charge is -2.15. The van der Waals surface area contributed by atoms with Crippen molar-refractivity contribution >= 4 is 35.0 Å². The van der Waals surface area contributed by atoms with Crippen LogP contribution >= 0.6 is 0 Å². The fraction of sp³-hybridized carbons (Fsp3) is 0.333. The Hall–Kier alpha value is -4.48. The zero-order valence-electron chi connectivity index (χ0n) is 20.7. The molecule has 0 aliphatic carbocycles. The number of nitrogens with zero attached hydrogens (tertiary/aromatic N) is 3. The van der Waals surface area contributed by atoms with Gasteiger partial charge in [0.05, 0.1) is 11.7 Å². The Kier molecular flexibility index (Phi) is 7.87. The highest BCUT2D eigenvalue weighted by Crippen LogP contribution is 2.13. The second kappa shape index (κ2) is 10.8. The number of oxazole rings is 1. The molecular weight excluding hydrogens is 466 g/mol. The predicted octanol–water partition coefficient (Wildman–Crippen LogP) is 1.76. The van der Waals surface area contributed by atoms with Gasteiger partial charge >= 0.3 is 5.76 Å². The van der Waals surface area contributed by atoms with Crippen LogP contribution < -0.4 is 21.7 Å². The molecule has 0 bridgehead atoms. The van der Waals surface area contributed by atoms with Gasteiger partial charge in [0.1, 0.15) is 11.4 Å². The molecule has 4 N–H and O–H groups in total. The van der Waals surface area contributed by atoms with Crippen molar-refractivity contribution in [2.45, 2.75) is 52.7 Å². The molecule has 0 spiro atoms. The van der Waals surface area contributed by atoms with E-state index < -0.39 is 11.7 Å². The summed E-state index contributed by atoms with van der Waals surface area (Å²) in [4.78, 5) is 52.9. The van der Waals surface area contributed by atoms with E-state index in [9.17, 15) is 19.2 Å². The summed E-state index contributed by atoms with van der Waals surface area (Å²) in [6.07, 6.45) is 2.22. The first-order valence-corrected chi connectivity index (χ1v) is 11.2. The van der Waals surface area contributed by atoms with Crippen LogP contribution in [0.2, 0.25) is 0 Å². The van der Waals surface area contributed by atoms with Crippen molar-refractivity contribution in [2.75, 3.05) is 0 Å². The second-order valence-electron chi connectivity index (χ2n) is 9.30. The van der Waals surface area contributed by atoms with Crippen molar-refractivity contribution in [2.24, 2.45) is 0 Å². The second-order valence-corrected chi connectivity index (χ2v) is 9.30. The van der Waals surface area contributed by atoms with Gasteiger partial charge in [-0.05, 0) is 52.3 Å². The third-order valence-corrected chi connectivity index (χ3v) is 4.67. The van der Waals surface area contributed by atoms with Crippen molar-refractivity contribution in [1.29, 1.82) is 0 Å². The van der Waals surface area contributed by atoms with Crippen LogP contribution in [-0.4, -0.2) is 49.4 Å². The number of carbonyl (C=O) groups is 3. The van der Waals surface area contributed by atoms with E-state index >= 15 is 0 Å². The SMILES string of the molecule is CC(C)(C)NC=O.CC(C)NC(=O)c1cc(C(=O)NCc2ccc3oc(=O)[nH]c3c2)nc2ccnn12. The molecule has 190 valence electrons. The van der Waals surface area contributed by atoms with Gasteiger partial charge in [-0.2, -0.15) is 5.10 Å². The van der Waals surface area contributed by atoms with Crippen molar-refractivity contribution < 1.29 is 18.8 Å². The molecule has 36 heavy (non-hydrogen) atoms. The van der Waals surface area contributed by atoms with Crippen molar-refractivity contribution in [3.8, 4) is 0 Å². The van der Waals surface area contributed by atoms with E-state index in [0.29, 0.717) is 23.2 Å². The maximum atomic E-state index is 12.6. The first kappa shape index (κ1) is 26.1. The van der Waals surface area contributed by atoms with E-state index in [1.54, 1.807) is 24.3 Å². The smallest absolute Gasteiger partial charge is 0.408 e. The van der Waals surface area contributed by atoms with Gasteiger partial charge in [0.15, 0.2) is 11.2 Å². The van der Waals surface area contributed by atoms with E-state index in [1.165, 1.54) is 16.8 Å². The predicted molar refractivity (Wildman–Crippen MR) is 133 cm³/mol. The number of hydrogen-bond donors (Lipinski definition) is 4. The Bertz CT molecular complexity index is 1440. The minimum atomic E-state index is -0.535. The summed E-state index contributed by atoms with van der Waals surface area (Å²) >= 11 is 0. The van der Waals surface area contributed by atoms with Crippen molar-refractivity contribution in [1.82, 2.24) is 35.5 Å². The van der Waals surface area contributed by atoms with E-state index in [0.717, 1.165) is 5.56 Å². The molecule has 4 aromatic rings. The summed E-state index contributed by atoms with van der Waals surface area (Å²) < 4.78 is 6.35. The third kappa shape index (κ3) is 6.78. The van der Waals surface area contributed by atoms with Crippen LogP contribution in [0.4, 0.5) is 0 Å². The normalized spacial score (nSPS) is 11.2. The van der Waals surface area contributed by atoms with Crippen LogP contribution in [0.5, 0.6) is 0 Å². The van der Waals surface area contributed by atoms with Crippen LogP contribution in [0.3, 0.4) is 0 Å². The van der Waals surface area contributed by atoms with Crippen LogP contribution in [0.25, 0.3) is 16.7 Å². The molecule has 0 aliphatic heterocycles. The van der Waals surface area contributed by atoms with Crippen molar-refractivity contribution in [3.05, 3.63) is 64.0 Å². The average Bonchev–Trinajstić information content (AvgIpc) is 3.40. The first-order chi connectivity index (χ1) is 17.0. The third-order valence-electron chi connectivity index (χ3n) is 4.67. The lowest BCUT2D eigenvalue weighted by molar-refractivity contribution is -0.110. The van der Waals surface area contributed by atoms with Crippen LogP contribution in [0, 0.1) is 0 Å². The lowest BCUT2D eigenvalue weighted by Crippen LogP contribution is -2.34. The minimum Gasteiger partial charge on any atom is -0.408 e. The molecule has 0 unspecified atom stereocenters. The van der Waals surface area contributed by atoms with Gasteiger partial charge in [-0.3, -0.25) is 19.4 Å². The standard InChI is InChI=1S/C19H18N6O4.C5H11NO/c1-10(2)22-18(27)14-8-13(23-16-5-6-21-25(14)16)17(26)20-9-11-3-4-15-12(7-11)24-19(28)29-15;1-5(2,3)6-4-7/h3-8,10H,9H2,1-2H3,(H,20,26)(H,22,27)(H,24,28);4H,1-3H3,(H,6,7). The van der Waals surface area contributed by atoms with Gasteiger partial charge in [0, 0.05) is 30.3 Å². The summed E-state index contributed by atoms with van der Waals surface area (Å²) in [7, 11) is 0. The first-order valence-electron chi connectivity index (χ1n) is 11.2. The van der Waals surface area contributed by atoms with Crippen molar-refractivity contribution in [3.63, 3.8) is 0 Å². The molecular formula is C24H29N7O5. The average molecular weight is 496 g/mol.